The molecule has 0 aromatic carbocycles. The quantitative estimate of drug-likeness (QED) is 0.412. The average molecular weight is 429 g/mol. The van der Waals surface area contributed by atoms with Crippen LogP contribution < -0.4 is 0 Å². The maximum Gasteiger partial charge on any atom is 0.130 e. The summed E-state index contributed by atoms with van der Waals surface area (Å²) in [6.45, 7) is 14.4. The molecule has 31 heavy (non-hydrogen) atoms. The fraction of sp³-hybridized carbons (Fsp3) is 0.857. The van der Waals surface area contributed by atoms with E-state index in [-0.39, 0.29) is 22.5 Å². The van der Waals surface area contributed by atoms with Crippen LogP contribution in [0.5, 0.6) is 0 Å². The summed E-state index contributed by atoms with van der Waals surface area (Å²) in [6, 6.07) is 0. The van der Waals surface area contributed by atoms with E-state index < -0.39 is 5.60 Å². The van der Waals surface area contributed by atoms with E-state index in [1.165, 1.54) is 25.7 Å². The molecule has 0 amide bonds. The summed E-state index contributed by atoms with van der Waals surface area (Å²) in [6.07, 6.45) is 17.0. The van der Waals surface area contributed by atoms with Crippen LogP contribution in [-0.2, 0) is 9.78 Å². The Morgan fingerprint density at radius 2 is 1.68 bits per heavy atom. The summed E-state index contributed by atoms with van der Waals surface area (Å²) in [5.41, 5.74) is -0.366. The van der Waals surface area contributed by atoms with Crippen LogP contribution in [0.15, 0.2) is 24.3 Å². The summed E-state index contributed by atoms with van der Waals surface area (Å²) in [5.74, 6) is 3.64. The van der Waals surface area contributed by atoms with Crippen molar-refractivity contribution in [1.29, 1.82) is 0 Å². The molecule has 1 saturated heterocycles. The highest BCUT2D eigenvalue weighted by Gasteiger charge is 2.74. The Kier molecular flexibility index (Phi) is 5.13. The summed E-state index contributed by atoms with van der Waals surface area (Å²) in [5, 5.41) is 10.4. The minimum Gasteiger partial charge on any atom is -0.393 e. The van der Waals surface area contributed by atoms with Crippen LogP contribution >= 0.6 is 0 Å². The standard InChI is InChI=1S/C28H44O3/c1-18(2)19(3)7-8-20(4)22-9-10-23-25(22,5)13-12-24-26(6)14-11-21(29)17-27(26)15-16-28(23,24)31-30-27/h7-8,15-16,18-24,29H,9-14,17H2,1-6H3/b8-7+/t19-,20+,21+,22-,23+,24+,25+,26+,27+,28-/m0/s1. The van der Waals surface area contributed by atoms with E-state index in [0.29, 0.717) is 41.9 Å². The van der Waals surface area contributed by atoms with Gasteiger partial charge in [-0.3, -0.25) is 0 Å². The molecule has 3 saturated carbocycles. The lowest BCUT2D eigenvalue weighted by molar-refractivity contribution is -0.497. The monoisotopic (exact) mass is 428 g/mol. The van der Waals surface area contributed by atoms with Gasteiger partial charge in [0, 0.05) is 23.7 Å². The third kappa shape index (κ3) is 2.88. The lowest BCUT2D eigenvalue weighted by atomic mass is 9.43. The van der Waals surface area contributed by atoms with Crippen LogP contribution in [-0.4, -0.2) is 22.4 Å². The van der Waals surface area contributed by atoms with Crippen LogP contribution in [0.2, 0.25) is 0 Å². The molecule has 6 aliphatic rings. The number of hydrogen-bond acceptors (Lipinski definition) is 3. The Hall–Kier alpha value is -0.640. The van der Waals surface area contributed by atoms with Crippen molar-refractivity contribution in [2.75, 3.05) is 0 Å². The van der Waals surface area contributed by atoms with E-state index in [9.17, 15) is 5.11 Å². The van der Waals surface area contributed by atoms with E-state index in [1.807, 2.05) is 0 Å². The van der Waals surface area contributed by atoms with Crippen LogP contribution in [0, 0.1) is 46.3 Å². The van der Waals surface area contributed by atoms with Crippen LogP contribution in [0.4, 0.5) is 0 Å². The zero-order valence-electron chi connectivity index (χ0n) is 20.6. The molecule has 2 aliphatic heterocycles. The predicted molar refractivity (Wildman–Crippen MR) is 124 cm³/mol. The highest BCUT2D eigenvalue weighted by molar-refractivity contribution is 5.33. The van der Waals surface area contributed by atoms with E-state index in [1.54, 1.807) is 0 Å². The number of fused-ring (bicyclic) bond motifs is 2. The van der Waals surface area contributed by atoms with Crippen molar-refractivity contribution in [3.63, 3.8) is 0 Å². The third-order valence-electron chi connectivity index (χ3n) is 11.1. The SMILES string of the molecule is CC(C)[C@@H](C)/C=C/[C@@H](C)[C@@H]1CC[C@@H]2[C@]1(C)CC[C@H]1[C@]23C=C[C@]2(C[C@H](O)CC[C@]12C)OO3. The summed E-state index contributed by atoms with van der Waals surface area (Å²) in [7, 11) is 0. The fourth-order valence-electron chi connectivity index (χ4n) is 8.71. The van der Waals surface area contributed by atoms with Crippen molar-refractivity contribution < 1.29 is 14.9 Å². The number of rotatable bonds is 4. The first-order valence-corrected chi connectivity index (χ1v) is 13.0. The Bertz CT molecular complexity index is 772. The molecule has 2 heterocycles. The molecule has 0 aromatic heterocycles. The van der Waals surface area contributed by atoms with Gasteiger partial charge in [0.2, 0.25) is 0 Å². The van der Waals surface area contributed by atoms with Gasteiger partial charge in [-0.1, -0.05) is 59.8 Å². The van der Waals surface area contributed by atoms with Gasteiger partial charge in [0.1, 0.15) is 11.2 Å². The second kappa shape index (κ2) is 7.18. The first-order valence-electron chi connectivity index (χ1n) is 13.0. The van der Waals surface area contributed by atoms with Crippen LogP contribution in [0.1, 0.15) is 86.5 Å². The van der Waals surface area contributed by atoms with Crippen molar-refractivity contribution in [3.8, 4) is 0 Å². The lowest BCUT2D eigenvalue weighted by Crippen LogP contribution is -2.73. The van der Waals surface area contributed by atoms with Gasteiger partial charge in [-0.15, -0.1) is 0 Å². The van der Waals surface area contributed by atoms with E-state index in [0.717, 1.165) is 12.8 Å². The predicted octanol–water partition coefficient (Wildman–Crippen LogP) is 6.47. The van der Waals surface area contributed by atoms with Gasteiger partial charge in [0.05, 0.1) is 6.10 Å². The van der Waals surface area contributed by atoms with Crippen molar-refractivity contribution in [3.05, 3.63) is 24.3 Å². The molecule has 0 aromatic rings. The number of aliphatic hydroxyl groups excluding tert-OH is 1. The highest BCUT2D eigenvalue weighted by Crippen LogP contribution is 2.72. The van der Waals surface area contributed by atoms with Crippen molar-refractivity contribution in [1.82, 2.24) is 0 Å². The Labute approximate surface area is 189 Å². The topological polar surface area (TPSA) is 38.7 Å². The molecule has 0 unspecified atom stereocenters. The normalized spacial score (nSPS) is 52.8. The van der Waals surface area contributed by atoms with Gasteiger partial charge >= 0.3 is 0 Å². The molecule has 1 N–H and O–H groups in total. The van der Waals surface area contributed by atoms with Crippen LogP contribution in [0.25, 0.3) is 0 Å². The minimum absolute atomic E-state index is 0.0663. The van der Waals surface area contributed by atoms with E-state index in [4.69, 9.17) is 9.78 Å². The smallest absolute Gasteiger partial charge is 0.130 e. The summed E-state index contributed by atoms with van der Waals surface area (Å²) >= 11 is 0. The molecule has 0 radical (unpaired) electrons. The zero-order chi connectivity index (χ0) is 22.2. The molecule has 4 fully saturated rings. The Balaban J connectivity index is 1.45. The first-order chi connectivity index (χ1) is 14.6. The second-order valence-electron chi connectivity index (χ2n) is 12.7. The molecule has 3 heteroatoms. The molecule has 2 bridgehead atoms. The largest absolute Gasteiger partial charge is 0.393 e. The van der Waals surface area contributed by atoms with Gasteiger partial charge in [-0.25, -0.2) is 9.78 Å². The lowest BCUT2D eigenvalue weighted by Gasteiger charge is -2.69. The molecule has 4 aliphatic carbocycles. The van der Waals surface area contributed by atoms with E-state index >= 15 is 0 Å². The zero-order valence-corrected chi connectivity index (χ0v) is 20.6. The van der Waals surface area contributed by atoms with Gasteiger partial charge in [-0.2, -0.15) is 0 Å². The molecule has 3 nitrogen and oxygen atoms in total. The van der Waals surface area contributed by atoms with Gasteiger partial charge < -0.3 is 5.11 Å². The maximum absolute atomic E-state index is 10.4. The number of hydrogen-bond donors (Lipinski definition) is 1. The van der Waals surface area contributed by atoms with Crippen molar-refractivity contribution in [2.45, 2.75) is 104 Å². The van der Waals surface area contributed by atoms with Crippen molar-refractivity contribution >= 4 is 0 Å². The summed E-state index contributed by atoms with van der Waals surface area (Å²) in [4.78, 5) is 12.8. The summed E-state index contributed by atoms with van der Waals surface area (Å²) < 4.78 is 0. The molecular weight excluding hydrogens is 384 g/mol. The third-order valence-corrected chi connectivity index (χ3v) is 11.1. The van der Waals surface area contributed by atoms with Gasteiger partial charge in [0.15, 0.2) is 0 Å². The number of allylic oxidation sites excluding steroid dienone is 2. The van der Waals surface area contributed by atoms with E-state index in [2.05, 4.69) is 65.8 Å². The van der Waals surface area contributed by atoms with Crippen LogP contribution in [0.3, 0.4) is 0 Å². The second-order valence-corrected chi connectivity index (χ2v) is 12.7. The van der Waals surface area contributed by atoms with Gasteiger partial charge in [-0.05, 0) is 73.7 Å². The number of aliphatic hydroxyl groups is 1. The minimum atomic E-state index is -0.439. The highest BCUT2D eigenvalue weighted by atomic mass is 17.2. The first kappa shape index (κ1) is 22.2. The molecular formula is C28H44O3. The molecule has 10 atom stereocenters. The van der Waals surface area contributed by atoms with Gasteiger partial charge in [0.25, 0.3) is 0 Å². The molecule has 6 rings (SSSR count). The Morgan fingerprint density at radius 1 is 0.903 bits per heavy atom. The maximum atomic E-state index is 10.4. The average Bonchev–Trinajstić information content (AvgIpc) is 3.09. The fourth-order valence-corrected chi connectivity index (χ4v) is 8.71. The van der Waals surface area contributed by atoms with Crippen molar-refractivity contribution in [2.24, 2.45) is 46.3 Å². The molecule has 2 spiro atoms. The molecule has 174 valence electrons. The Morgan fingerprint density at radius 3 is 2.35 bits per heavy atom.